The molecule has 0 aromatic heterocycles. The van der Waals surface area contributed by atoms with Gasteiger partial charge in [-0.3, -0.25) is 9.59 Å². The van der Waals surface area contributed by atoms with Crippen LogP contribution in [0.2, 0.25) is 0 Å². The van der Waals surface area contributed by atoms with Crippen molar-refractivity contribution in [3.8, 4) is 0 Å². The van der Waals surface area contributed by atoms with Gasteiger partial charge in [-0.05, 0) is 6.08 Å². The summed E-state index contributed by atoms with van der Waals surface area (Å²) in [7, 11) is 0. The van der Waals surface area contributed by atoms with E-state index >= 15 is 0 Å². The number of nitrogens with one attached hydrogen (secondary N) is 2. The van der Waals surface area contributed by atoms with Crippen LogP contribution < -0.4 is 10.6 Å². The third-order valence-corrected chi connectivity index (χ3v) is 10.6. The summed E-state index contributed by atoms with van der Waals surface area (Å²) < 4.78 is 49.4. The van der Waals surface area contributed by atoms with Crippen LogP contribution in [0.5, 0.6) is 0 Å². The molecule has 64 heavy (non-hydrogen) atoms. The van der Waals surface area contributed by atoms with E-state index in [-0.39, 0.29) is 0 Å². The first-order chi connectivity index (χ1) is 30.0. The Morgan fingerprint density at radius 2 is 0.953 bits per heavy atom. The molecule has 2 amide bonds. The van der Waals surface area contributed by atoms with Crippen molar-refractivity contribution in [2.24, 2.45) is 0 Å². The average molecular weight is 935 g/mol. The molecule has 30 heteroatoms. The molecule has 5 aliphatic rings. The number of aliphatic carboxylic acids is 3. The van der Waals surface area contributed by atoms with E-state index in [0.29, 0.717) is 6.08 Å². The Balaban J connectivity index is 1.42. The van der Waals surface area contributed by atoms with E-state index in [2.05, 4.69) is 10.6 Å². The minimum Gasteiger partial charge on any atom is -0.479 e. The molecule has 30 nitrogen and oxygen atoms in total. The van der Waals surface area contributed by atoms with Crippen molar-refractivity contribution in [3.63, 3.8) is 0 Å². The Labute approximate surface area is 358 Å². The molecular weight excluding hydrogens is 884 g/mol. The van der Waals surface area contributed by atoms with Gasteiger partial charge in [0.2, 0.25) is 23.9 Å². The van der Waals surface area contributed by atoms with Crippen LogP contribution in [0.1, 0.15) is 13.8 Å². The molecule has 0 spiro atoms. The van der Waals surface area contributed by atoms with Gasteiger partial charge in [0.1, 0.15) is 97.5 Å². The fourth-order valence-corrected chi connectivity index (χ4v) is 7.47. The standard InChI is InChI=1S/C34H50N2O28/c1-6(39)35-12-21(60-33-14(42)8(41)3-9(56-33)27(49)50)15(43)10(4-37)58-32(12)63-24-18(46)20(48)34(64-26(24)29(53)54)61-22-13(36-7(2)40)31(57-11(5-38)16(22)44)62-23-17(45)19(47)30(55)59-25(23)28(51)52/h3,8,10-26,30-34,37-38,41-48,55H,4-5H2,1-2H3,(H,35,39)(H,36,40)(H,49,50)(H,51,52)(H,53,54)/t8-,10+,11+,12+,13+,14+,15+,16+,17+,18+,19+,20+,21+,22+,23-,24-,25-,26-,30+,31-,32-,33-,34+/m0/s1. The van der Waals surface area contributed by atoms with E-state index in [1.54, 1.807) is 0 Å². The van der Waals surface area contributed by atoms with Crippen LogP contribution in [0, 0.1) is 0 Å². The highest BCUT2D eigenvalue weighted by atomic mass is 16.8. The number of carbonyl (C=O) groups excluding carboxylic acids is 2. The minimum atomic E-state index is -2.43. The van der Waals surface area contributed by atoms with Gasteiger partial charge >= 0.3 is 17.9 Å². The van der Waals surface area contributed by atoms with Crippen LogP contribution in [0.25, 0.3) is 0 Å². The minimum absolute atomic E-state index is 0.632. The van der Waals surface area contributed by atoms with Crippen LogP contribution in [0.15, 0.2) is 11.8 Å². The molecule has 4 fully saturated rings. The lowest BCUT2D eigenvalue weighted by Crippen LogP contribution is -2.71. The van der Waals surface area contributed by atoms with E-state index in [1.165, 1.54) is 0 Å². The van der Waals surface area contributed by atoms with Gasteiger partial charge in [-0.25, -0.2) is 14.4 Å². The number of hydrogen-bond donors (Lipinski definition) is 16. The molecular formula is C34H50N2O28. The molecule has 0 radical (unpaired) electrons. The van der Waals surface area contributed by atoms with Gasteiger partial charge in [0.15, 0.2) is 37.4 Å². The fraction of sp³-hybridized carbons (Fsp3) is 0.794. The van der Waals surface area contributed by atoms with Crippen molar-refractivity contribution >= 4 is 29.7 Å². The number of aliphatic hydroxyl groups excluding tert-OH is 11. The van der Waals surface area contributed by atoms with Gasteiger partial charge in [-0.15, -0.1) is 0 Å². The summed E-state index contributed by atoms with van der Waals surface area (Å²) in [4.78, 5) is 61.2. The maximum Gasteiger partial charge on any atom is 0.371 e. The lowest BCUT2D eigenvalue weighted by molar-refractivity contribution is -0.371. The second-order valence-corrected chi connectivity index (χ2v) is 15.1. The Morgan fingerprint density at radius 1 is 0.531 bits per heavy atom. The van der Waals surface area contributed by atoms with Crippen molar-refractivity contribution in [3.05, 3.63) is 11.8 Å². The largest absolute Gasteiger partial charge is 0.479 e. The Bertz CT molecular complexity index is 1710. The molecule has 0 aliphatic carbocycles. The zero-order chi connectivity index (χ0) is 47.6. The molecule has 5 heterocycles. The van der Waals surface area contributed by atoms with E-state index in [0.717, 1.165) is 13.8 Å². The first-order valence-corrected chi connectivity index (χ1v) is 19.2. The Hall–Kier alpha value is -3.87. The van der Waals surface area contributed by atoms with Gasteiger partial charge in [-0.2, -0.15) is 0 Å². The third kappa shape index (κ3) is 10.9. The summed E-state index contributed by atoms with van der Waals surface area (Å²) in [5.74, 6) is -8.22. The first kappa shape index (κ1) is 51.1. The number of carboxylic acid groups (broad SMARTS) is 3. The maximum atomic E-state index is 12.7. The predicted molar refractivity (Wildman–Crippen MR) is 190 cm³/mol. The van der Waals surface area contributed by atoms with E-state index < -0.39 is 190 Å². The molecule has 5 aliphatic heterocycles. The molecule has 0 bridgehead atoms. The molecule has 0 aromatic carbocycles. The van der Waals surface area contributed by atoms with Crippen LogP contribution in [0.4, 0.5) is 0 Å². The quantitative estimate of drug-likeness (QED) is 0.0725. The smallest absolute Gasteiger partial charge is 0.371 e. The number of ether oxygens (including phenoxy) is 9. The number of rotatable bonds is 15. The van der Waals surface area contributed by atoms with Gasteiger partial charge < -0.3 is 125 Å². The molecule has 0 aromatic rings. The van der Waals surface area contributed by atoms with Crippen molar-refractivity contribution in [1.29, 1.82) is 0 Å². The molecule has 364 valence electrons. The average Bonchev–Trinajstić information content (AvgIpc) is 3.22. The van der Waals surface area contributed by atoms with Crippen molar-refractivity contribution in [2.75, 3.05) is 13.2 Å². The summed E-state index contributed by atoms with van der Waals surface area (Å²) >= 11 is 0. The van der Waals surface area contributed by atoms with Crippen LogP contribution in [0.3, 0.4) is 0 Å². The number of carboxylic acids is 3. The van der Waals surface area contributed by atoms with Gasteiger partial charge in [0, 0.05) is 13.8 Å². The SMILES string of the molecule is CC(=O)N[C@H]1[C@H](O[C@H]2[C@H](O)[C@@H](O)[C@H](O)O[C@@H]2C(=O)O)O[C@H](CO)[C@@H](O)[C@@H]1O[C@@H]1O[C@H](C(=O)O)[C@@H](O[C@@H]2O[C@H](CO)[C@@H](O)[C@H](O[C@@H]3OC(C(=O)O)=C[C@H](O)[C@H]3O)[C@H]2NC(C)=O)[C@H](O)[C@H]1O. The highest BCUT2D eigenvalue weighted by Crippen LogP contribution is 2.36. The number of carbonyl (C=O) groups is 5. The first-order valence-electron chi connectivity index (χ1n) is 19.2. The lowest BCUT2D eigenvalue weighted by Gasteiger charge is -2.50. The molecule has 4 saturated heterocycles. The number of amides is 2. The van der Waals surface area contributed by atoms with Gasteiger partial charge in [0.25, 0.3) is 0 Å². The van der Waals surface area contributed by atoms with E-state index in [9.17, 15) is 95.5 Å². The monoisotopic (exact) mass is 934 g/mol. The fourth-order valence-electron chi connectivity index (χ4n) is 7.47. The normalized spacial score (nSPS) is 45.0. The molecule has 23 atom stereocenters. The second-order valence-electron chi connectivity index (χ2n) is 15.1. The van der Waals surface area contributed by atoms with Crippen LogP contribution in [-0.2, 0) is 66.6 Å². The summed E-state index contributed by atoms with van der Waals surface area (Å²) in [6.07, 6.45) is -43.8. The predicted octanol–water partition coefficient (Wildman–Crippen LogP) is -10.2. The summed E-state index contributed by atoms with van der Waals surface area (Å²) in [6, 6.07) is -3.70. The highest BCUT2D eigenvalue weighted by Gasteiger charge is 2.58. The summed E-state index contributed by atoms with van der Waals surface area (Å²) in [6.45, 7) is -0.238. The Morgan fingerprint density at radius 3 is 1.38 bits per heavy atom. The zero-order valence-corrected chi connectivity index (χ0v) is 33.2. The van der Waals surface area contributed by atoms with E-state index in [1.807, 2.05) is 0 Å². The third-order valence-electron chi connectivity index (χ3n) is 10.6. The lowest BCUT2D eigenvalue weighted by atomic mass is 9.94. The topological polar surface area (TPSA) is 476 Å². The van der Waals surface area contributed by atoms with Gasteiger partial charge in [-0.1, -0.05) is 0 Å². The molecule has 16 N–H and O–H groups in total. The Kier molecular flexibility index (Phi) is 16.9. The molecule has 0 saturated carbocycles. The number of aliphatic hydroxyl groups is 11. The van der Waals surface area contributed by atoms with Crippen LogP contribution in [-0.4, -0.2) is 256 Å². The zero-order valence-electron chi connectivity index (χ0n) is 33.2. The summed E-state index contributed by atoms with van der Waals surface area (Å²) in [5, 5.41) is 151. The maximum absolute atomic E-state index is 12.7. The van der Waals surface area contributed by atoms with Gasteiger partial charge in [0.05, 0.1) is 13.2 Å². The van der Waals surface area contributed by atoms with Crippen molar-refractivity contribution < 1.29 is 138 Å². The molecule has 0 unspecified atom stereocenters. The number of hydrogen-bond acceptors (Lipinski definition) is 25. The summed E-state index contributed by atoms with van der Waals surface area (Å²) in [5.41, 5.74) is 0. The van der Waals surface area contributed by atoms with E-state index in [4.69, 9.17) is 42.6 Å². The molecule has 5 rings (SSSR count). The van der Waals surface area contributed by atoms with Crippen LogP contribution >= 0.6 is 0 Å². The highest BCUT2D eigenvalue weighted by molar-refractivity contribution is 5.84. The second kappa shape index (κ2) is 21.2. The van der Waals surface area contributed by atoms with Crippen molar-refractivity contribution in [1.82, 2.24) is 10.6 Å². The van der Waals surface area contributed by atoms with Crippen molar-refractivity contribution in [2.45, 2.75) is 155 Å².